The molecule has 0 radical (unpaired) electrons. The fraction of sp³-hybridized carbons (Fsp3) is 0.429. The molecular formula is C14H20N4OS. The summed E-state index contributed by atoms with van der Waals surface area (Å²) in [6.45, 7) is 6.86. The maximum absolute atomic E-state index is 5.63. The van der Waals surface area contributed by atoms with Crippen molar-refractivity contribution in [3.8, 4) is 0 Å². The lowest BCUT2D eigenvalue weighted by atomic mass is 10.2. The number of anilines is 2. The molecule has 0 saturated carbocycles. The van der Waals surface area contributed by atoms with E-state index in [2.05, 4.69) is 20.6 Å². The van der Waals surface area contributed by atoms with Crippen LogP contribution in [0.25, 0.3) is 0 Å². The number of rotatable bonds is 6. The predicted molar refractivity (Wildman–Crippen MR) is 83.5 cm³/mol. The summed E-state index contributed by atoms with van der Waals surface area (Å²) >= 11 is 1.52. The zero-order valence-corrected chi connectivity index (χ0v) is 13.0. The second kappa shape index (κ2) is 6.65. The molecule has 2 N–H and O–H groups in total. The summed E-state index contributed by atoms with van der Waals surface area (Å²) in [6, 6.07) is 5.91. The van der Waals surface area contributed by atoms with Crippen LogP contribution < -0.4 is 10.6 Å². The molecule has 1 atom stereocenters. The number of aryl methyl sites for hydroxylation is 1. The number of aromatic nitrogens is 2. The fourth-order valence-electron chi connectivity index (χ4n) is 1.84. The Hall–Kier alpha value is -1.69. The topological polar surface area (TPSA) is 63.0 Å². The Morgan fingerprint density at radius 2 is 2.05 bits per heavy atom. The van der Waals surface area contributed by atoms with Crippen molar-refractivity contribution in [2.45, 2.75) is 32.0 Å². The minimum absolute atomic E-state index is 0.0581. The Kier molecular flexibility index (Phi) is 4.89. The Labute approximate surface area is 123 Å². The van der Waals surface area contributed by atoms with Gasteiger partial charge in [0.25, 0.3) is 0 Å². The van der Waals surface area contributed by atoms with Gasteiger partial charge in [0.05, 0.1) is 6.04 Å². The quantitative estimate of drug-likeness (QED) is 0.625. The molecule has 0 aliphatic heterocycles. The van der Waals surface area contributed by atoms with Crippen LogP contribution in [-0.4, -0.2) is 22.8 Å². The third-order valence-corrected chi connectivity index (χ3v) is 3.35. The van der Waals surface area contributed by atoms with Crippen molar-refractivity contribution in [1.82, 2.24) is 9.97 Å². The Balaban J connectivity index is 2.17. The molecule has 0 saturated heterocycles. The van der Waals surface area contributed by atoms with E-state index < -0.39 is 0 Å². The van der Waals surface area contributed by atoms with Gasteiger partial charge in [0, 0.05) is 12.6 Å². The van der Waals surface area contributed by atoms with E-state index in [1.54, 1.807) is 0 Å². The Morgan fingerprint density at radius 1 is 1.30 bits per heavy atom. The highest BCUT2D eigenvalue weighted by atomic mass is 32.2. The van der Waals surface area contributed by atoms with Crippen LogP contribution in [0.3, 0.4) is 0 Å². The van der Waals surface area contributed by atoms with Gasteiger partial charge in [-0.3, -0.25) is 0 Å². The highest BCUT2D eigenvalue weighted by molar-refractivity contribution is 7.98. The lowest BCUT2D eigenvalue weighted by molar-refractivity contribution is 0.466. The lowest BCUT2D eigenvalue weighted by Gasteiger charge is -2.14. The molecule has 0 spiro atoms. The van der Waals surface area contributed by atoms with Crippen molar-refractivity contribution in [2.24, 2.45) is 0 Å². The monoisotopic (exact) mass is 292 g/mol. The first-order chi connectivity index (χ1) is 9.62. The van der Waals surface area contributed by atoms with Crippen molar-refractivity contribution >= 4 is 23.4 Å². The van der Waals surface area contributed by atoms with E-state index in [1.165, 1.54) is 11.8 Å². The van der Waals surface area contributed by atoms with Gasteiger partial charge in [0.2, 0.25) is 0 Å². The minimum Gasteiger partial charge on any atom is -0.464 e. The summed E-state index contributed by atoms with van der Waals surface area (Å²) in [7, 11) is 0. The SMILES string of the molecule is CCNc1cc(NC(C)c2ccc(C)o2)nc(SC)n1. The molecule has 1 unspecified atom stereocenters. The number of hydrogen-bond donors (Lipinski definition) is 2. The number of hydrogen-bond acceptors (Lipinski definition) is 6. The minimum atomic E-state index is 0.0581. The number of furan rings is 1. The smallest absolute Gasteiger partial charge is 0.191 e. The summed E-state index contributed by atoms with van der Waals surface area (Å²) in [6.07, 6.45) is 1.97. The summed E-state index contributed by atoms with van der Waals surface area (Å²) in [5.41, 5.74) is 0. The van der Waals surface area contributed by atoms with Crippen LogP contribution in [0, 0.1) is 6.92 Å². The first kappa shape index (κ1) is 14.7. The van der Waals surface area contributed by atoms with E-state index in [-0.39, 0.29) is 6.04 Å². The van der Waals surface area contributed by atoms with Crippen LogP contribution in [0.15, 0.2) is 27.8 Å². The van der Waals surface area contributed by atoms with E-state index >= 15 is 0 Å². The summed E-state index contributed by atoms with van der Waals surface area (Å²) in [4.78, 5) is 8.87. The Morgan fingerprint density at radius 3 is 2.65 bits per heavy atom. The first-order valence-corrected chi connectivity index (χ1v) is 7.84. The second-order valence-corrected chi connectivity index (χ2v) is 5.24. The van der Waals surface area contributed by atoms with Gasteiger partial charge in [0.1, 0.15) is 23.2 Å². The molecule has 2 rings (SSSR count). The third kappa shape index (κ3) is 3.66. The van der Waals surface area contributed by atoms with Crippen LogP contribution in [0.1, 0.15) is 31.4 Å². The van der Waals surface area contributed by atoms with Gasteiger partial charge < -0.3 is 15.1 Å². The molecule has 0 aliphatic carbocycles. The molecule has 5 nitrogen and oxygen atoms in total. The molecule has 108 valence electrons. The predicted octanol–water partition coefficient (Wildman–Crippen LogP) is 3.70. The molecule has 0 amide bonds. The van der Waals surface area contributed by atoms with Crippen LogP contribution in [0.4, 0.5) is 11.6 Å². The van der Waals surface area contributed by atoms with Crippen molar-refractivity contribution in [1.29, 1.82) is 0 Å². The van der Waals surface area contributed by atoms with Gasteiger partial charge in [0.15, 0.2) is 5.16 Å². The van der Waals surface area contributed by atoms with Crippen molar-refractivity contribution in [3.63, 3.8) is 0 Å². The normalized spacial score (nSPS) is 12.2. The van der Waals surface area contributed by atoms with E-state index in [0.29, 0.717) is 0 Å². The molecule has 2 aromatic heterocycles. The van der Waals surface area contributed by atoms with Crippen LogP contribution in [0.5, 0.6) is 0 Å². The van der Waals surface area contributed by atoms with Gasteiger partial charge in [-0.05, 0) is 39.2 Å². The molecule has 0 fully saturated rings. The largest absolute Gasteiger partial charge is 0.464 e. The summed E-state index contributed by atoms with van der Waals surface area (Å²) in [5.74, 6) is 3.44. The maximum atomic E-state index is 5.63. The molecule has 0 aliphatic rings. The van der Waals surface area contributed by atoms with Gasteiger partial charge in [-0.1, -0.05) is 11.8 Å². The highest BCUT2D eigenvalue weighted by Gasteiger charge is 2.11. The lowest BCUT2D eigenvalue weighted by Crippen LogP contribution is -2.09. The third-order valence-electron chi connectivity index (χ3n) is 2.80. The molecule has 20 heavy (non-hydrogen) atoms. The van der Waals surface area contributed by atoms with E-state index in [0.717, 1.165) is 34.9 Å². The number of nitrogens with one attached hydrogen (secondary N) is 2. The number of nitrogens with zero attached hydrogens (tertiary/aromatic N) is 2. The molecule has 2 aromatic rings. The Bertz CT molecular complexity index is 570. The van der Waals surface area contributed by atoms with Gasteiger partial charge in [-0.15, -0.1) is 0 Å². The number of thioether (sulfide) groups is 1. The average molecular weight is 292 g/mol. The van der Waals surface area contributed by atoms with Crippen molar-refractivity contribution < 1.29 is 4.42 Å². The highest BCUT2D eigenvalue weighted by Crippen LogP contribution is 2.23. The summed E-state index contributed by atoms with van der Waals surface area (Å²) < 4.78 is 5.63. The second-order valence-electron chi connectivity index (χ2n) is 4.47. The van der Waals surface area contributed by atoms with E-state index in [1.807, 2.05) is 45.2 Å². The van der Waals surface area contributed by atoms with Gasteiger partial charge in [-0.2, -0.15) is 0 Å². The maximum Gasteiger partial charge on any atom is 0.191 e. The van der Waals surface area contributed by atoms with Crippen LogP contribution >= 0.6 is 11.8 Å². The zero-order chi connectivity index (χ0) is 14.5. The first-order valence-electron chi connectivity index (χ1n) is 6.62. The van der Waals surface area contributed by atoms with Gasteiger partial charge >= 0.3 is 0 Å². The van der Waals surface area contributed by atoms with Crippen molar-refractivity contribution in [2.75, 3.05) is 23.4 Å². The zero-order valence-electron chi connectivity index (χ0n) is 12.2. The molecule has 6 heteroatoms. The summed E-state index contributed by atoms with van der Waals surface area (Å²) in [5, 5.41) is 7.30. The van der Waals surface area contributed by atoms with Crippen molar-refractivity contribution in [3.05, 3.63) is 29.7 Å². The van der Waals surface area contributed by atoms with E-state index in [9.17, 15) is 0 Å². The van der Waals surface area contributed by atoms with E-state index in [4.69, 9.17) is 4.42 Å². The van der Waals surface area contributed by atoms with Gasteiger partial charge in [-0.25, -0.2) is 9.97 Å². The standard InChI is InChI=1S/C14H20N4OS/c1-5-15-12-8-13(18-14(17-12)20-4)16-10(3)11-7-6-9(2)19-11/h6-8,10H,5H2,1-4H3,(H2,15,16,17,18). The van der Waals surface area contributed by atoms with Crippen LogP contribution in [0.2, 0.25) is 0 Å². The van der Waals surface area contributed by atoms with Crippen LogP contribution in [-0.2, 0) is 0 Å². The molecule has 0 bridgehead atoms. The molecule has 0 aromatic carbocycles. The molecular weight excluding hydrogens is 272 g/mol. The average Bonchev–Trinajstić information content (AvgIpc) is 2.85. The fourth-order valence-corrected chi connectivity index (χ4v) is 2.22. The molecule has 2 heterocycles.